The van der Waals surface area contributed by atoms with Gasteiger partial charge in [0.25, 0.3) is 0 Å². The molecule has 3 nitrogen and oxygen atoms in total. The van der Waals surface area contributed by atoms with Crippen LogP contribution in [0.15, 0.2) is 24.3 Å². The average Bonchev–Trinajstić information content (AvgIpc) is 2.45. The van der Waals surface area contributed by atoms with Gasteiger partial charge < -0.3 is 10.5 Å². The summed E-state index contributed by atoms with van der Waals surface area (Å²) in [5.41, 5.74) is 7.24. The summed E-state index contributed by atoms with van der Waals surface area (Å²) in [6.45, 7) is 11.0. The van der Waals surface area contributed by atoms with Crippen LogP contribution in [-0.4, -0.2) is 30.6 Å². The van der Waals surface area contributed by atoms with Gasteiger partial charge in [0, 0.05) is 18.2 Å². The molecule has 108 valence electrons. The maximum absolute atomic E-state index is 6.04. The first-order valence-corrected chi connectivity index (χ1v) is 7.36. The number of likely N-dealkylation sites (N-methyl/N-ethyl adjacent to an activating group) is 1. The first-order valence-electron chi connectivity index (χ1n) is 7.36. The van der Waals surface area contributed by atoms with Crippen molar-refractivity contribution in [3.63, 3.8) is 0 Å². The van der Waals surface area contributed by atoms with E-state index in [1.807, 2.05) is 19.1 Å². The number of nitrogens with two attached hydrogens (primary N) is 1. The number of benzene rings is 1. The standard InChI is InChI=1S/C16H28N2O/c1-5-13(4)18(6-2)15(12-17)14-10-8-9-11-16(14)19-7-3/h8-11,13,15H,5-7,12,17H2,1-4H3. The lowest BCUT2D eigenvalue weighted by Crippen LogP contribution is -2.39. The zero-order valence-electron chi connectivity index (χ0n) is 12.7. The Morgan fingerprint density at radius 1 is 1.21 bits per heavy atom. The molecule has 0 aliphatic heterocycles. The lowest BCUT2D eigenvalue weighted by molar-refractivity contribution is 0.149. The first kappa shape index (κ1) is 16.0. The molecule has 0 aliphatic carbocycles. The van der Waals surface area contributed by atoms with Gasteiger partial charge in [0.1, 0.15) is 5.75 Å². The van der Waals surface area contributed by atoms with Crippen LogP contribution in [0, 0.1) is 0 Å². The molecule has 1 aromatic rings. The van der Waals surface area contributed by atoms with Crippen molar-refractivity contribution in [2.75, 3.05) is 19.7 Å². The summed E-state index contributed by atoms with van der Waals surface area (Å²) in [5, 5.41) is 0. The van der Waals surface area contributed by atoms with Crippen molar-refractivity contribution < 1.29 is 4.74 Å². The fraction of sp³-hybridized carbons (Fsp3) is 0.625. The SMILES string of the molecule is CCOc1ccccc1C(CN)N(CC)C(C)CC. The highest BCUT2D eigenvalue weighted by molar-refractivity contribution is 5.36. The third-order valence-electron chi connectivity index (χ3n) is 3.72. The number of hydrogen-bond acceptors (Lipinski definition) is 3. The van der Waals surface area contributed by atoms with E-state index in [2.05, 4.69) is 37.8 Å². The van der Waals surface area contributed by atoms with Gasteiger partial charge in [-0.25, -0.2) is 0 Å². The predicted octanol–water partition coefficient (Wildman–Crippen LogP) is 3.21. The van der Waals surface area contributed by atoms with Crippen molar-refractivity contribution in [1.29, 1.82) is 0 Å². The van der Waals surface area contributed by atoms with Crippen molar-refractivity contribution in [3.05, 3.63) is 29.8 Å². The fourth-order valence-corrected chi connectivity index (χ4v) is 2.56. The van der Waals surface area contributed by atoms with Crippen molar-refractivity contribution in [3.8, 4) is 5.75 Å². The first-order chi connectivity index (χ1) is 9.19. The second-order valence-electron chi connectivity index (χ2n) is 4.81. The summed E-state index contributed by atoms with van der Waals surface area (Å²) in [6, 6.07) is 8.99. The topological polar surface area (TPSA) is 38.5 Å². The van der Waals surface area contributed by atoms with E-state index in [1.165, 1.54) is 5.56 Å². The van der Waals surface area contributed by atoms with Crippen LogP contribution in [0.5, 0.6) is 5.75 Å². The van der Waals surface area contributed by atoms with Crippen LogP contribution in [-0.2, 0) is 0 Å². The van der Waals surface area contributed by atoms with E-state index < -0.39 is 0 Å². The molecule has 0 fully saturated rings. The third kappa shape index (κ3) is 3.95. The molecule has 0 amide bonds. The van der Waals surface area contributed by atoms with Gasteiger partial charge in [-0.1, -0.05) is 32.0 Å². The van der Waals surface area contributed by atoms with Gasteiger partial charge in [0.05, 0.1) is 12.6 Å². The molecule has 0 bridgehead atoms. The fourth-order valence-electron chi connectivity index (χ4n) is 2.56. The van der Waals surface area contributed by atoms with E-state index in [0.29, 0.717) is 19.2 Å². The van der Waals surface area contributed by atoms with Crippen LogP contribution in [0.3, 0.4) is 0 Å². The summed E-state index contributed by atoms with van der Waals surface area (Å²) in [7, 11) is 0. The van der Waals surface area contributed by atoms with Crippen LogP contribution in [0.4, 0.5) is 0 Å². The summed E-state index contributed by atoms with van der Waals surface area (Å²) >= 11 is 0. The van der Waals surface area contributed by atoms with Crippen LogP contribution in [0.25, 0.3) is 0 Å². The van der Waals surface area contributed by atoms with Gasteiger partial charge >= 0.3 is 0 Å². The van der Waals surface area contributed by atoms with Crippen molar-refractivity contribution in [2.24, 2.45) is 5.73 Å². The number of rotatable bonds is 8. The van der Waals surface area contributed by atoms with E-state index in [9.17, 15) is 0 Å². The normalized spacial score (nSPS) is 14.4. The molecule has 3 heteroatoms. The molecule has 2 atom stereocenters. The maximum atomic E-state index is 6.04. The van der Waals surface area contributed by atoms with Crippen molar-refractivity contribution >= 4 is 0 Å². The minimum atomic E-state index is 0.225. The van der Waals surface area contributed by atoms with Crippen molar-refractivity contribution in [2.45, 2.75) is 46.2 Å². The van der Waals surface area contributed by atoms with Crippen LogP contribution in [0.1, 0.15) is 45.7 Å². The van der Waals surface area contributed by atoms with Gasteiger partial charge in [-0.15, -0.1) is 0 Å². The molecule has 0 saturated heterocycles. The van der Waals surface area contributed by atoms with Gasteiger partial charge in [0.2, 0.25) is 0 Å². The van der Waals surface area contributed by atoms with E-state index in [-0.39, 0.29) is 6.04 Å². The third-order valence-corrected chi connectivity index (χ3v) is 3.72. The maximum Gasteiger partial charge on any atom is 0.124 e. The highest BCUT2D eigenvalue weighted by atomic mass is 16.5. The molecule has 1 aromatic carbocycles. The molecule has 0 saturated carbocycles. The molecule has 0 aliphatic rings. The van der Waals surface area contributed by atoms with Gasteiger partial charge in [-0.3, -0.25) is 4.90 Å². The molecule has 0 radical (unpaired) electrons. The molecular weight excluding hydrogens is 236 g/mol. The average molecular weight is 264 g/mol. The molecule has 0 heterocycles. The summed E-state index contributed by atoms with van der Waals surface area (Å²) in [4.78, 5) is 2.46. The Labute approximate surface area is 117 Å². The van der Waals surface area contributed by atoms with Crippen molar-refractivity contribution in [1.82, 2.24) is 4.90 Å². The quantitative estimate of drug-likeness (QED) is 0.783. The second-order valence-corrected chi connectivity index (χ2v) is 4.81. The van der Waals surface area contributed by atoms with Gasteiger partial charge in [-0.05, 0) is 32.9 Å². The Kier molecular flexibility index (Phi) is 6.89. The van der Waals surface area contributed by atoms with E-state index >= 15 is 0 Å². The minimum absolute atomic E-state index is 0.225. The van der Waals surface area contributed by atoms with Crippen LogP contribution in [0.2, 0.25) is 0 Å². The summed E-state index contributed by atoms with van der Waals surface area (Å²) < 4.78 is 5.75. The van der Waals surface area contributed by atoms with E-state index in [0.717, 1.165) is 18.7 Å². The predicted molar refractivity (Wildman–Crippen MR) is 81.5 cm³/mol. The molecule has 1 rings (SSSR count). The molecule has 0 spiro atoms. The Morgan fingerprint density at radius 2 is 1.89 bits per heavy atom. The zero-order valence-corrected chi connectivity index (χ0v) is 12.7. The highest BCUT2D eigenvalue weighted by Gasteiger charge is 2.24. The molecule has 2 N–H and O–H groups in total. The number of hydrogen-bond donors (Lipinski definition) is 1. The molecule has 19 heavy (non-hydrogen) atoms. The Balaban J connectivity index is 3.07. The zero-order chi connectivity index (χ0) is 14.3. The Bertz CT molecular complexity index is 368. The number of nitrogens with zero attached hydrogens (tertiary/aromatic N) is 1. The molecule has 2 unspecified atom stereocenters. The number of ether oxygens (including phenoxy) is 1. The van der Waals surface area contributed by atoms with Gasteiger partial charge in [-0.2, -0.15) is 0 Å². The minimum Gasteiger partial charge on any atom is -0.494 e. The van der Waals surface area contributed by atoms with Gasteiger partial charge in [0.15, 0.2) is 0 Å². The van der Waals surface area contributed by atoms with Crippen LogP contribution >= 0.6 is 0 Å². The Hall–Kier alpha value is -1.06. The largest absolute Gasteiger partial charge is 0.494 e. The highest BCUT2D eigenvalue weighted by Crippen LogP contribution is 2.30. The second kappa shape index (κ2) is 8.18. The summed E-state index contributed by atoms with van der Waals surface area (Å²) in [5.74, 6) is 0.960. The molecule has 0 aromatic heterocycles. The van der Waals surface area contributed by atoms with E-state index in [1.54, 1.807) is 0 Å². The molecular formula is C16H28N2O. The monoisotopic (exact) mass is 264 g/mol. The summed E-state index contributed by atoms with van der Waals surface area (Å²) in [6.07, 6.45) is 1.13. The number of para-hydroxylation sites is 1. The lowest BCUT2D eigenvalue weighted by atomic mass is 10.0. The lowest BCUT2D eigenvalue weighted by Gasteiger charge is -2.35. The van der Waals surface area contributed by atoms with E-state index in [4.69, 9.17) is 10.5 Å². The Morgan fingerprint density at radius 3 is 2.42 bits per heavy atom. The van der Waals surface area contributed by atoms with Crippen LogP contribution < -0.4 is 10.5 Å². The smallest absolute Gasteiger partial charge is 0.124 e.